The quantitative estimate of drug-likeness (QED) is 0.424. The number of carbonyl (C=O) groups is 1. The van der Waals surface area contributed by atoms with Crippen LogP contribution in [0, 0.1) is 0 Å². The van der Waals surface area contributed by atoms with Gasteiger partial charge in [-0.1, -0.05) is 23.9 Å². The summed E-state index contributed by atoms with van der Waals surface area (Å²) in [5.41, 5.74) is 1.53. The molecule has 1 aliphatic heterocycles. The van der Waals surface area contributed by atoms with Crippen LogP contribution in [-0.4, -0.2) is 47.6 Å². The zero-order chi connectivity index (χ0) is 20.9. The fourth-order valence-corrected chi connectivity index (χ4v) is 4.91. The maximum Gasteiger partial charge on any atom is 0.272 e. The Bertz CT molecular complexity index is 1070. The van der Waals surface area contributed by atoms with Crippen LogP contribution < -0.4 is 15.6 Å². The van der Waals surface area contributed by atoms with Crippen molar-refractivity contribution in [3.8, 4) is 5.75 Å². The van der Waals surface area contributed by atoms with E-state index in [4.69, 9.17) is 9.47 Å². The van der Waals surface area contributed by atoms with Gasteiger partial charge in [-0.3, -0.25) is 14.2 Å². The van der Waals surface area contributed by atoms with Gasteiger partial charge >= 0.3 is 0 Å². The summed E-state index contributed by atoms with van der Waals surface area (Å²) in [6.45, 7) is 1.66. The number of aromatic nitrogens is 2. The standard InChI is InChI=1S/C21H23N3O4S2/c1-27-15-6-4-14(5-7-15)12-24-20(26)19-17(8-10-29-19)23-21(24)30-13-18(25)22-11-16-3-2-9-28-16/h4-8,10,16H,2-3,9,11-13H2,1H3,(H,22,25). The van der Waals surface area contributed by atoms with Gasteiger partial charge in [0.15, 0.2) is 5.16 Å². The van der Waals surface area contributed by atoms with E-state index in [1.54, 1.807) is 11.7 Å². The summed E-state index contributed by atoms with van der Waals surface area (Å²) in [6.07, 6.45) is 2.12. The second kappa shape index (κ2) is 9.63. The molecule has 1 N–H and O–H groups in total. The van der Waals surface area contributed by atoms with Gasteiger partial charge in [0, 0.05) is 13.2 Å². The number of methoxy groups -OCH3 is 1. The Morgan fingerprint density at radius 2 is 2.20 bits per heavy atom. The number of amides is 1. The van der Waals surface area contributed by atoms with Crippen molar-refractivity contribution >= 4 is 39.2 Å². The molecule has 1 fully saturated rings. The lowest BCUT2D eigenvalue weighted by Gasteiger charge is -2.13. The second-order valence-electron chi connectivity index (χ2n) is 7.00. The highest BCUT2D eigenvalue weighted by Gasteiger charge is 2.18. The normalized spacial score (nSPS) is 16.1. The number of thioether (sulfide) groups is 1. The average molecular weight is 446 g/mol. The van der Waals surface area contributed by atoms with E-state index in [0.717, 1.165) is 30.8 Å². The van der Waals surface area contributed by atoms with Crippen LogP contribution in [0.4, 0.5) is 0 Å². The number of hydrogen-bond donors (Lipinski definition) is 1. The van der Waals surface area contributed by atoms with E-state index in [-0.39, 0.29) is 23.3 Å². The van der Waals surface area contributed by atoms with E-state index in [2.05, 4.69) is 10.3 Å². The van der Waals surface area contributed by atoms with Gasteiger partial charge in [-0.25, -0.2) is 4.98 Å². The van der Waals surface area contributed by atoms with Crippen LogP contribution >= 0.6 is 23.1 Å². The number of thiophene rings is 1. The molecular formula is C21H23N3O4S2. The second-order valence-corrected chi connectivity index (χ2v) is 8.86. The van der Waals surface area contributed by atoms with Crippen LogP contribution in [0.1, 0.15) is 18.4 Å². The molecule has 158 valence electrons. The minimum atomic E-state index is -0.0915. The molecule has 1 unspecified atom stereocenters. The van der Waals surface area contributed by atoms with E-state index in [1.807, 2.05) is 35.7 Å². The minimum absolute atomic E-state index is 0.0897. The Morgan fingerprint density at radius 3 is 2.93 bits per heavy atom. The molecule has 0 aliphatic carbocycles. The molecule has 30 heavy (non-hydrogen) atoms. The predicted octanol–water partition coefficient (Wildman–Crippen LogP) is 2.90. The zero-order valence-electron chi connectivity index (χ0n) is 16.6. The zero-order valence-corrected chi connectivity index (χ0v) is 18.3. The highest BCUT2D eigenvalue weighted by molar-refractivity contribution is 7.99. The average Bonchev–Trinajstić information content (AvgIpc) is 3.45. The number of hydrogen-bond acceptors (Lipinski definition) is 7. The van der Waals surface area contributed by atoms with Gasteiger partial charge in [0.25, 0.3) is 5.56 Å². The van der Waals surface area contributed by atoms with Crippen molar-refractivity contribution in [2.24, 2.45) is 0 Å². The van der Waals surface area contributed by atoms with E-state index in [9.17, 15) is 9.59 Å². The number of ether oxygens (including phenoxy) is 2. The van der Waals surface area contributed by atoms with Gasteiger partial charge in [-0.15, -0.1) is 11.3 Å². The molecule has 3 heterocycles. The van der Waals surface area contributed by atoms with Crippen molar-refractivity contribution in [3.05, 3.63) is 51.6 Å². The highest BCUT2D eigenvalue weighted by Crippen LogP contribution is 2.22. The first-order valence-corrected chi connectivity index (χ1v) is 11.6. The predicted molar refractivity (Wildman–Crippen MR) is 119 cm³/mol. The number of nitrogens with zero attached hydrogens (tertiary/aromatic N) is 2. The number of nitrogens with one attached hydrogen (secondary N) is 1. The van der Waals surface area contributed by atoms with Crippen molar-refractivity contribution < 1.29 is 14.3 Å². The third kappa shape index (κ3) is 4.85. The van der Waals surface area contributed by atoms with Crippen molar-refractivity contribution in [1.82, 2.24) is 14.9 Å². The lowest BCUT2D eigenvalue weighted by molar-refractivity contribution is -0.119. The van der Waals surface area contributed by atoms with Gasteiger partial charge in [-0.05, 0) is 42.0 Å². The van der Waals surface area contributed by atoms with Crippen molar-refractivity contribution in [3.63, 3.8) is 0 Å². The number of carbonyl (C=O) groups excluding carboxylic acids is 1. The minimum Gasteiger partial charge on any atom is -0.497 e. The molecule has 1 saturated heterocycles. The van der Waals surface area contributed by atoms with Gasteiger partial charge in [0.1, 0.15) is 10.4 Å². The monoisotopic (exact) mass is 445 g/mol. The van der Waals surface area contributed by atoms with Crippen LogP contribution in [0.3, 0.4) is 0 Å². The first-order chi connectivity index (χ1) is 14.6. The Labute approximate surface area is 182 Å². The summed E-state index contributed by atoms with van der Waals surface area (Å²) in [6, 6.07) is 9.41. The van der Waals surface area contributed by atoms with Crippen molar-refractivity contribution in [1.29, 1.82) is 0 Å². The third-order valence-electron chi connectivity index (χ3n) is 4.91. The summed E-state index contributed by atoms with van der Waals surface area (Å²) >= 11 is 2.66. The summed E-state index contributed by atoms with van der Waals surface area (Å²) in [5.74, 6) is 0.860. The number of fused-ring (bicyclic) bond motifs is 1. The molecule has 4 rings (SSSR count). The Kier molecular flexibility index (Phi) is 6.71. The number of benzene rings is 1. The topological polar surface area (TPSA) is 82.4 Å². The van der Waals surface area contributed by atoms with Crippen LogP contribution in [-0.2, 0) is 16.1 Å². The Balaban J connectivity index is 1.51. The summed E-state index contributed by atoms with van der Waals surface area (Å²) < 4.78 is 13.0. The molecule has 3 aromatic rings. The molecule has 9 heteroatoms. The first-order valence-electron chi connectivity index (χ1n) is 9.76. The van der Waals surface area contributed by atoms with Gasteiger partial charge in [0.05, 0.1) is 31.0 Å². The molecule has 1 aromatic carbocycles. The van der Waals surface area contributed by atoms with Gasteiger partial charge < -0.3 is 14.8 Å². The SMILES string of the molecule is COc1ccc(Cn2c(SCC(=O)NCC3CCCO3)nc3ccsc3c2=O)cc1. The first kappa shape index (κ1) is 20.9. The summed E-state index contributed by atoms with van der Waals surface area (Å²) in [4.78, 5) is 30.0. The largest absolute Gasteiger partial charge is 0.497 e. The Hall–Kier alpha value is -2.36. The highest BCUT2D eigenvalue weighted by atomic mass is 32.2. The van der Waals surface area contributed by atoms with Crippen molar-refractivity contribution in [2.75, 3.05) is 26.0 Å². The smallest absolute Gasteiger partial charge is 0.272 e. The lowest BCUT2D eigenvalue weighted by Crippen LogP contribution is -2.33. The van der Waals surface area contributed by atoms with E-state index >= 15 is 0 Å². The molecule has 1 atom stereocenters. The lowest BCUT2D eigenvalue weighted by atomic mass is 10.2. The molecule has 2 aromatic heterocycles. The molecule has 7 nitrogen and oxygen atoms in total. The Morgan fingerprint density at radius 1 is 1.37 bits per heavy atom. The van der Waals surface area contributed by atoms with Crippen molar-refractivity contribution in [2.45, 2.75) is 30.6 Å². The molecule has 0 radical (unpaired) electrons. The van der Waals surface area contributed by atoms with Crippen LogP contribution in [0.2, 0.25) is 0 Å². The maximum absolute atomic E-state index is 13.1. The fourth-order valence-electron chi connectivity index (χ4n) is 3.30. The number of rotatable bonds is 8. The van der Waals surface area contributed by atoms with Crippen LogP contribution in [0.25, 0.3) is 10.2 Å². The van der Waals surface area contributed by atoms with E-state index in [0.29, 0.717) is 28.5 Å². The molecule has 0 saturated carbocycles. The molecule has 1 aliphatic rings. The summed E-state index contributed by atoms with van der Waals surface area (Å²) in [5, 5.41) is 5.31. The molecule has 0 spiro atoms. The molecule has 0 bridgehead atoms. The van der Waals surface area contributed by atoms with E-state index in [1.165, 1.54) is 23.1 Å². The van der Waals surface area contributed by atoms with Crippen LogP contribution in [0.15, 0.2) is 45.7 Å². The fraction of sp³-hybridized carbons (Fsp3) is 0.381. The van der Waals surface area contributed by atoms with Crippen LogP contribution in [0.5, 0.6) is 5.75 Å². The van der Waals surface area contributed by atoms with Gasteiger partial charge in [-0.2, -0.15) is 0 Å². The molecular weight excluding hydrogens is 422 g/mol. The third-order valence-corrected chi connectivity index (χ3v) is 6.78. The summed E-state index contributed by atoms with van der Waals surface area (Å²) in [7, 11) is 1.62. The molecule has 1 amide bonds. The maximum atomic E-state index is 13.1. The van der Waals surface area contributed by atoms with E-state index < -0.39 is 0 Å². The van der Waals surface area contributed by atoms with Gasteiger partial charge in [0.2, 0.25) is 5.91 Å².